The standard InChI is InChI=1S/C10H12ClN3O/c1-4-7(5-2)13-8-6-12-14(3)10(15)9(8)11/h1,6-7,13H,5H2,2-3H3. The normalized spacial score (nSPS) is 11.9. The Balaban J connectivity index is 3.03. The molecule has 5 heteroatoms. The quantitative estimate of drug-likeness (QED) is 0.788. The third-order valence-corrected chi connectivity index (χ3v) is 2.38. The zero-order valence-electron chi connectivity index (χ0n) is 8.62. The van der Waals surface area contributed by atoms with Gasteiger partial charge in [-0.05, 0) is 6.42 Å². The molecular formula is C10H12ClN3O. The van der Waals surface area contributed by atoms with Crippen LogP contribution in [0, 0.1) is 12.3 Å². The number of anilines is 1. The van der Waals surface area contributed by atoms with Crippen molar-refractivity contribution in [1.29, 1.82) is 0 Å². The molecule has 0 fully saturated rings. The summed E-state index contributed by atoms with van der Waals surface area (Å²) < 4.78 is 1.17. The van der Waals surface area contributed by atoms with E-state index >= 15 is 0 Å². The fourth-order valence-electron chi connectivity index (χ4n) is 1.06. The summed E-state index contributed by atoms with van der Waals surface area (Å²) >= 11 is 5.85. The van der Waals surface area contributed by atoms with Gasteiger partial charge in [-0.1, -0.05) is 24.4 Å². The molecule has 0 aromatic carbocycles. The monoisotopic (exact) mass is 225 g/mol. The van der Waals surface area contributed by atoms with Gasteiger partial charge >= 0.3 is 0 Å². The van der Waals surface area contributed by atoms with Crippen LogP contribution in [-0.2, 0) is 7.05 Å². The third kappa shape index (κ3) is 2.51. The van der Waals surface area contributed by atoms with E-state index in [9.17, 15) is 4.79 Å². The van der Waals surface area contributed by atoms with Gasteiger partial charge < -0.3 is 5.32 Å². The van der Waals surface area contributed by atoms with Crippen LogP contribution < -0.4 is 10.9 Å². The molecule has 0 saturated heterocycles. The number of rotatable bonds is 3. The first-order chi connectivity index (χ1) is 7.10. The molecular weight excluding hydrogens is 214 g/mol. The summed E-state index contributed by atoms with van der Waals surface area (Å²) in [5.74, 6) is 2.56. The number of hydrogen-bond donors (Lipinski definition) is 1. The molecule has 1 aromatic heterocycles. The van der Waals surface area contributed by atoms with E-state index < -0.39 is 0 Å². The fraction of sp³-hybridized carbons (Fsp3) is 0.400. The first-order valence-electron chi connectivity index (χ1n) is 4.54. The molecule has 1 rings (SSSR count). The van der Waals surface area contributed by atoms with E-state index in [2.05, 4.69) is 16.3 Å². The maximum atomic E-state index is 11.4. The van der Waals surface area contributed by atoms with Crippen molar-refractivity contribution >= 4 is 17.3 Å². The molecule has 1 N–H and O–H groups in total. The molecule has 0 aliphatic rings. The van der Waals surface area contributed by atoms with Crippen molar-refractivity contribution < 1.29 is 0 Å². The molecule has 0 saturated carbocycles. The van der Waals surface area contributed by atoms with Crippen molar-refractivity contribution in [3.8, 4) is 12.3 Å². The average molecular weight is 226 g/mol. The fourth-order valence-corrected chi connectivity index (χ4v) is 1.29. The van der Waals surface area contributed by atoms with Gasteiger partial charge in [0, 0.05) is 7.05 Å². The van der Waals surface area contributed by atoms with Gasteiger partial charge in [0.25, 0.3) is 5.56 Å². The second-order valence-corrected chi connectivity index (χ2v) is 3.45. The molecule has 1 heterocycles. The Bertz CT molecular complexity index is 447. The predicted octanol–water partition coefficient (Wildman–Crippen LogP) is 1.26. The number of aromatic nitrogens is 2. The van der Waals surface area contributed by atoms with Crippen molar-refractivity contribution in [2.24, 2.45) is 7.05 Å². The smallest absolute Gasteiger partial charge is 0.287 e. The summed E-state index contributed by atoms with van der Waals surface area (Å²) in [5, 5.41) is 6.93. The maximum absolute atomic E-state index is 11.4. The zero-order valence-corrected chi connectivity index (χ0v) is 9.38. The van der Waals surface area contributed by atoms with Gasteiger partial charge in [0.15, 0.2) is 0 Å². The summed E-state index contributed by atoms with van der Waals surface area (Å²) in [6.07, 6.45) is 7.53. The Labute approximate surface area is 93.3 Å². The Morgan fingerprint density at radius 1 is 1.80 bits per heavy atom. The third-order valence-electron chi connectivity index (χ3n) is 2.02. The minimum Gasteiger partial charge on any atom is -0.369 e. The van der Waals surface area contributed by atoms with E-state index in [0.29, 0.717) is 5.69 Å². The summed E-state index contributed by atoms with van der Waals surface area (Å²) in [6, 6.07) is -0.142. The van der Waals surface area contributed by atoms with Crippen LogP contribution in [0.2, 0.25) is 5.02 Å². The Morgan fingerprint density at radius 2 is 2.47 bits per heavy atom. The Morgan fingerprint density at radius 3 is 3.00 bits per heavy atom. The molecule has 0 amide bonds. The highest BCUT2D eigenvalue weighted by atomic mass is 35.5. The lowest BCUT2D eigenvalue weighted by Gasteiger charge is -2.12. The van der Waals surface area contributed by atoms with Crippen molar-refractivity contribution in [2.75, 3.05) is 5.32 Å². The van der Waals surface area contributed by atoms with Crippen LogP contribution in [0.1, 0.15) is 13.3 Å². The van der Waals surface area contributed by atoms with Crippen LogP contribution >= 0.6 is 11.6 Å². The summed E-state index contributed by atoms with van der Waals surface area (Å²) in [6.45, 7) is 1.94. The highest BCUT2D eigenvalue weighted by Gasteiger charge is 2.09. The van der Waals surface area contributed by atoms with E-state index in [0.717, 1.165) is 6.42 Å². The van der Waals surface area contributed by atoms with Crippen LogP contribution in [0.4, 0.5) is 5.69 Å². The lowest BCUT2D eigenvalue weighted by atomic mass is 10.2. The van der Waals surface area contributed by atoms with Crippen molar-refractivity contribution in [3.05, 3.63) is 21.6 Å². The number of hydrogen-bond acceptors (Lipinski definition) is 3. The highest BCUT2D eigenvalue weighted by molar-refractivity contribution is 6.32. The number of terminal acetylenes is 1. The van der Waals surface area contributed by atoms with E-state index in [1.807, 2.05) is 6.92 Å². The average Bonchev–Trinajstić information content (AvgIpc) is 2.25. The van der Waals surface area contributed by atoms with Crippen LogP contribution in [0.15, 0.2) is 11.0 Å². The molecule has 1 aromatic rings. The van der Waals surface area contributed by atoms with Crippen molar-refractivity contribution in [1.82, 2.24) is 9.78 Å². The van der Waals surface area contributed by atoms with Gasteiger partial charge in [-0.25, -0.2) is 4.68 Å². The summed E-state index contributed by atoms with van der Waals surface area (Å²) in [5.41, 5.74) is 0.137. The molecule has 0 spiro atoms. The van der Waals surface area contributed by atoms with Gasteiger partial charge in [-0.2, -0.15) is 5.10 Å². The predicted molar refractivity (Wildman–Crippen MR) is 61.0 cm³/mol. The van der Waals surface area contributed by atoms with E-state index in [-0.39, 0.29) is 16.6 Å². The second-order valence-electron chi connectivity index (χ2n) is 3.07. The highest BCUT2D eigenvalue weighted by Crippen LogP contribution is 2.16. The van der Waals surface area contributed by atoms with Gasteiger partial charge in [0.05, 0.1) is 17.9 Å². The minimum absolute atomic E-state index is 0.112. The molecule has 15 heavy (non-hydrogen) atoms. The molecule has 0 aliphatic heterocycles. The number of nitrogens with zero attached hydrogens (tertiary/aromatic N) is 2. The molecule has 0 bridgehead atoms. The number of halogens is 1. The maximum Gasteiger partial charge on any atom is 0.287 e. The van der Waals surface area contributed by atoms with E-state index in [1.54, 1.807) is 0 Å². The second kappa shape index (κ2) is 4.85. The molecule has 0 aliphatic carbocycles. The van der Waals surface area contributed by atoms with Crippen LogP contribution in [0.3, 0.4) is 0 Å². The topological polar surface area (TPSA) is 46.9 Å². The van der Waals surface area contributed by atoms with Gasteiger partial charge in [0.2, 0.25) is 0 Å². The Kier molecular flexibility index (Phi) is 3.75. The number of nitrogens with one attached hydrogen (secondary N) is 1. The van der Waals surface area contributed by atoms with Gasteiger partial charge in [0.1, 0.15) is 5.02 Å². The van der Waals surface area contributed by atoms with E-state index in [1.165, 1.54) is 17.9 Å². The zero-order chi connectivity index (χ0) is 11.4. The van der Waals surface area contributed by atoms with Crippen LogP contribution in [0.5, 0.6) is 0 Å². The van der Waals surface area contributed by atoms with Crippen molar-refractivity contribution in [2.45, 2.75) is 19.4 Å². The molecule has 80 valence electrons. The molecule has 1 atom stereocenters. The number of aryl methyl sites for hydroxylation is 1. The molecule has 4 nitrogen and oxygen atoms in total. The first kappa shape index (κ1) is 11.6. The SMILES string of the molecule is C#CC(CC)Nc1cnn(C)c(=O)c1Cl. The lowest BCUT2D eigenvalue weighted by molar-refractivity contribution is 0.706. The largest absolute Gasteiger partial charge is 0.369 e. The molecule has 0 radical (unpaired) electrons. The summed E-state index contributed by atoms with van der Waals surface area (Å²) in [4.78, 5) is 11.4. The Hall–Kier alpha value is -1.47. The first-order valence-corrected chi connectivity index (χ1v) is 4.92. The van der Waals surface area contributed by atoms with Crippen molar-refractivity contribution in [3.63, 3.8) is 0 Å². The van der Waals surface area contributed by atoms with E-state index in [4.69, 9.17) is 18.0 Å². The van der Waals surface area contributed by atoms with Crippen LogP contribution in [0.25, 0.3) is 0 Å². The lowest BCUT2D eigenvalue weighted by Crippen LogP contribution is -2.23. The van der Waals surface area contributed by atoms with Gasteiger partial charge in [-0.15, -0.1) is 6.42 Å². The van der Waals surface area contributed by atoms with Gasteiger partial charge in [-0.3, -0.25) is 4.79 Å². The van der Waals surface area contributed by atoms with Crippen LogP contribution in [-0.4, -0.2) is 15.8 Å². The summed E-state index contributed by atoms with van der Waals surface area (Å²) in [7, 11) is 1.54. The minimum atomic E-state index is -0.339. The molecule has 1 unspecified atom stereocenters.